The second-order valence-corrected chi connectivity index (χ2v) is 10.6. The van der Waals surface area contributed by atoms with Crippen molar-refractivity contribution in [3.63, 3.8) is 0 Å². The number of nitrogens with zero attached hydrogens (tertiary/aromatic N) is 4. The summed E-state index contributed by atoms with van der Waals surface area (Å²) in [7, 11) is 4.43. The van der Waals surface area contributed by atoms with Crippen LogP contribution in [0.1, 0.15) is 53.1 Å². The van der Waals surface area contributed by atoms with Gasteiger partial charge in [0, 0.05) is 39.6 Å². The predicted molar refractivity (Wildman–Crippen MR) is 136 cm³/mol. The number of nitrogens with two attached hydrogens (primary N) is 1. The molecule has 11 nitrogen and oxygen atoms in total. The SMILES string of the molecule is Cc1cc(CNC(=O)c2nc3n(c(=O)c2O)CC2(CN)CCC3(N(C)C(=O)C(=O)N(C)C)CC2)ccc1F. The van der Waals surface area contributed by atoms with Crippen LogP contribution in [0.25, 0.3) is 0 Å². The number of carbonyl (C=O) groups excluding carboxylic acids is 3. The second kappa shape index (κ2) is 9.82. The Bertz CT molecular complexity index is 1360. The minimum Gasteiger partial charge on any atom is -0.501 e. The number of nitrogens with one attached hydrogen (secondary N) is 1. The minimum atomic E-state index is -1.16. The molecule has 0 spiro atoms. The van der Waals surface area contributed by atoms with Crippen LogP contribution in [-0.4, -0.2) is 69.9 Å². The monoisotopic (exact) mass is 528 g/mol. The summed E-state index contributed by atoms with van der Waals surface area (Å²) < 4.78 is 14.9. The summed E-state index contributed by atoms with van der Waals surface area (Å²) in [5.74, 6) is -3.36. The van der Waals surface area contributed by atoms with E-state index in [4.69, 9.17) is 5.73 Å². The molecule has 0 atom stereocenters. The number of aromatic hydroxyl groups is 1. The molecule has 2 aliphatic heterocycles. The molecule has 3 amide bonds. The number of amides is 3. The highest BCUT2D eigenvalue weighted by molar-refractivity contribution is 6.34. The van der Waals surface area contributed by atoms with Crippen LogP contribution in [0.3, 0.4) is 0 Å². The van der Waals surface area contributed by atoms with E-state index < -0.39 is 45.7 Å². The van der Waals surface area contributed by atoms with Gasteiger partial charge in [0.2, 0.25) is 5.75 Å². The van der Waals surface area contributed by atoms with Crippen LogP contribution in [0.15, 0.2) is 23.0 Å². The number of carbonyl (C=O) groups is 3. The van der Waals surface area contributed by atoms with Crippen LogP contribution in [0.5, 0.6) is 5.75 Å². The molecule has 1 fully saturated rings. The Morgan fingerprint density at radius 1 is 1.16 bits per heavy atom. The first-order valence-electron chi connectivity index (χ1n) is 12.4. The lowest BCUT2D eigenvalue weighted by atomic mass is 9.68. The Hall–Kier alpha value is -3.80. The van der Waals surface area contributed by atoms with Gasteiger partial charge in [-0.1, -0.05) is 12.1 Å². The van der Waals surface area contributed by atoms with Crippen molar-refractivity contribution < 1.29 is 23.9 Å². The number of benzene rings is 1. The lowest BCUT2D eigenvalue weighted by molar-refractivity contribution is -0.155. The first-order valence-corrected chi connectivity index (χ1v) is 12.4. The highest BCUT2D eigenvalue weighted by atomic mass is 19.1. The average molecular weight is 529 g/mol. The van der Waals surface area contributed by atoms with Crippen molar-refractivity contribution in [1.82, 2.24) is 24.7 Å². The van der Waals surface area contributed by atoms with Crippen LogP contribution < -0.4 is 16.6 Å². The molecule has 1 aromatic heterocycles. The van der Waals surface area contributed by atoms with Crippen molar-refractivity contribution in [2.45, 2.75) is 51.2 Å². The van der Waals surface area contributed by atoms with Crippen molar-refractivity contribution in [3.8, 4) is 5.75 Å². The summed E-state index contributed by atoms with van der Waals surface area (Å²) in [5.41, 5.74) is 4.24. The lowest BCUT2D eigenvalue weighted by Gasteiger charge is -2.46. The van der Waals surface area contributed by atoms with Gasteiger partial charge >= 0.3 is 11.8 Å². The maximum Gasteiger partial charge on any atom is 0.312 e. The van der Waals surface area contributed by atoms with E-state index in [-0.39, 0.29) is 31.3 Å². The van der Waals surface area contributed by atoms with Gasteiger partial charge in [0.05, 0.1) is 0 Å². The number of rotatable bonds is 5. The van der Waals surface area contributed by atoms with Crippen LogP contribution in [0.2, 0.25) is 0 Å². The fourth-order valence-corrected chi connectivity index (χ4v) is 5.48. The zero-order chi connectivity index (χ0) is 28.0. The highest BCUT2D eigenvalue weighted by Crippen LogP contribution is 2.51. The smallest absolute Gasteiger partial charge is 0.312 e. The van der Waals surface area contributed by atoms with E-state index in [0.717, 1.165) is 0 Å². The van der Waals surface area contributed by atoms with E-state index in [1.165, 1.54) is 47.6 Å². The van der Waals surface area contributed by atoms with Gasteiger partial charge in [-0.3, -0.25) is 23.7 Å². The maximum atomic E-state index is 13.6. The Labute approximate surface area is 219 Å². The quantitative estimate of drug-likeness (QED) is 0.481. The van der Waals surface area contributed by atoms with E-state index in [9.17, 15) is 28.7 Å². The number of hydrogen-bond acceptors (Lipinski definition) is 7. The van der Waals surface area contributed by atoms with Crippen LogP contribution >= 0.6 is 0 Å². The molecule has 5 rings (SSSR count). The summed E-state index contributed by atoms with van der Waals surface area (Å²) in [6, 6.07) is 4.39. The summed E-state index contributed by atoms with van der Waals surface area (Å²) >= 11 is 0. The molecule has 1 aliphatic carbocycles. The summed E-state index contributed by atoms with van der Waals surface area (Å²) in [6.45, 7) is 2.06. The number of hydrogen-bond donors (Lipinski definition) is 3. The average Bonchev–Trinajstić information content (AvgIpc) is 3.14. The van der Waals surface area contributed by atoms with E-state index in [0.29, 0.717) is 36.8 Å². The number of aryl methyl sites for hydroxylation is 1. The number of aromatic nitrogens is 2. The van der Waals surface area contributed by atoms with Gasteiger partial charge in [0.15, 0.2) is 5.69 Å². The molecule has 38 heavy (non-hydrogen) atoms. The highest BCUT2D eigenvalue weighted by Gasteiger charge is 2.54. The number of fused-ring (bicyclic) bond motifs is 2. The summed E-state index contributed by atoms with van der Waals surface area (Å²) in [6.07, 6.45) is 1.87. The van der Waals surface area contributed by atoms with Gasteiger partial charge in [-0.25, -0.2) is 9.37 Å². The Morgan fingerprint density at radius 2 is 1.82 bits per heavy atom. The van der Waals surface area contributed by atoms with Gasteiger partial charge in [-0.15, -0.1) is 0 Å². The van der Waals surface area contributed by atoms with Crippen molar-refractivity contribution in [2.75, 3.05) is 27.7 Å². The molecule has 0 radical (unpaired) electrons. The van der Waals surface area contributed by atoms with Crippen molar-refractivity contribution >= 4 is 17.7 Å². The predicted octanol–water partition coefficient (Wildman–Crippen LogP) is 0.601. The maximum absolute atomic E-state index is 13.6. The fraction of sp³-hybridized carbons (Fsp3) is 0.500. The van der Waals surface area contributed by atoms with Crippen LogP contribution in [-0.2, 0) is 28.2 Å². The third-order valence-electron chi connectivity index (χ3n) is 8.05. The lowest BCUT2D eigenvalue weighted by Crippen LogP contribution is -2.55. The molecule has 12 heteroatoms. The van der Waals surface area contributed by atoms with Crippen molar-refractivity contribution in [1.29, 1.82) is 0 Å². The Kier molecular flexibility index (Phi) is 7.04. The van der Waals surface area contributed by atoms with E-state index in [1.807, 2.05) is 0 Å². The zero-order valence-electron chi connectivity index (χ0n) is 22.0. The molecule has 0 saturated heterocycles. The molecule has 3 heterocycles. The molecule has 204 valence electrons. The molecule has 4 N–H and O–H groups in total. The first kappa shape index (κ1) is 27.2. The van der Waals surface area contributed by atoms with Gasteiger partial charge < -0.3 is 26.0 Å². The first-order chi connectivity index (χ1) is 17.9. The van der Waals surface area contributed by atoms with Gasteiger partial charge in [-0.2, -0.15) is 0 Å². The third kappa shape index (κ3) is 4.42. The molecule has 1 aromatic carbocycles. The van der Waals surface area contributed by atoms with Crippen molar-refractivity contribution in [2.24, 2.45) is 11.1 Å². The van der Waals surface area contributed by atoms with Gasteiger partial charge in [0.1, 0.15) is 17.2 Å². The van der Waals surface area contributed by atoms with Crippen LogP contribution in [0, 0.1) is 18.2 Å². The largest absolute Gasteiger partial charge is 0.501 e. The normalized spacial score (nSPS) is 21.8. The number of halogens is 1. The summed E-state index contributed by atoms with van der Waals surface area (Å²) in [5, 5.41) is 13.4. The van der Waals surface area contributed by atoms with Crippen molar-refractivity contribution in [3.05, 3.63) is 57.0 Å². The molecule has 1 saturated carbocycles. The molecule has 2 aromatic rings. The Balaban J connectivity index is 1.78. The van der Waals surface area contributed by atoms with Gasteiger partial charge in [-0.05, 0) is 56.3 Å². The standard InChI is InChI=1S/C26H33FN6O5/c1-15-11-16(5-6-17(15)27)12-29-20(35)18-19(34)21(36)33-14-25(13-28)7-9-26(10-8-25,24(33)30-18)32(4)23(38)22(37)31(2)3/h5-6,11,34H,7-10,12-14,28H2,1-4H3,(H,29,35). The molecule has 3 aliphatic rings. The fourth-order valence-electron chi connectivity index (χ4n) is 5.48. The minimum absolute atomic E-state index is 0.0106. The van der Waals surface area contributed by atoms with Gasteiger partial charge in [0.25, 0.3) is 11.5 Å². The summed E-state index contributed by atoms with van der Waals surface area (Å²) in [4.78, 5) is 59.3. The van der Waals surface area contributed by atoms with E-state index in [2.05, 4.69) is 10.3 Å². The van der Waals surface area contributed by atoms with E-state index >= 15 is 0 Å². The Morgan fingerprint density at radius 3 is 2.39 bits per heavy atom. The second-order valence-electron chi connectivity index (χ2n) is 10.6. The topological polar surface area (TPSA) is 151 Å². The number of likely N-dealkylation sites (N-methyl/N-ethyl adjacent to an activating group) is 2. The zero-order valence-corrected chi connectivity index (χ0v) is 22.0. The molecular formula is C26H33FN6O5. The molecule has 0 unspecified atom stereocenters. The van der Waals surface area contributed by atoms with E-state index in [1.54, 1.807) is 13.0 Å². The molecular weight excluding hydrogens is 495 g/mol. The van der Waals surface area contributed by atoms with Crippen LogP contribution in [0.4, 0.5) is 4.39 Å². The third-order valence-corrected chi connectivity index (χ3v) is 8.05. The molecule has 2 bridgehead atoms.